The normalized spacial score (nSPS) is 15.1. The summed E-state index contributed by atoms with van der Waals surface area (Å²) in [7, 11) is 0. The molecule has 0 radical (unpaired) electrons. The molecule has 0 aromatic heterocycles. The fourth-order valence-electron chi connectivity index (χ4n) is 1.85. The third kappa shape index (κ3) is 4.87. The molecule has 1 aromatic carbocycles. The van der Waals surface area contributed by atoms with Gasteiger partial charge in [0.2, 0.25) is 6.29 Å². The molecule has 1 rings (SSSR count). The van der Waals surface area contributed by atoms with Crippen LogP contribution >= 0.6 is 0 Å². The van der Waals surface area contributed by atoms with Crippen molar-refractivity contribution in [3.8, 4) is 5.75 Å². The summed E-state index contributed by atoms with van der Waals surface area (Å²) in [6.07, 6.45) is 0.941. The van der Waals surface area contributed by atoms with Gasteiger partial charge < -0.3 is 9.47 Å². The van der Waals surface area contributed by atoms with Crippen molar-refractivity contribution in [2.75, 3.05) is 6.61 Å². The summed E-state index contributed by atoms with van der Waals surface area (Å²) < 4.78 is 11.7. The van der Waals surface area contributed by atoms with E-state index in [4.69, 9.17) is 9.47 Å². The van der Waals surface area contributed by atoms with Gasteiger partial charge in [-0.1, -0.05) is 46.8 Å². The Hall–Kier alpha value is -1.02. The Bertz CT molecular complexity index is 362. The summed E-state index contributed by atoms with van der Waals surface area (Å²) in [6.45, 7) is 13.5. The van der Waals surface area contributed by atoms with Crippen LogP contribution in [0.15, 0.2) is 24.3 Å². The van der Waals surface area contributed by atoms with Crippen molar-refractivity contribution < 1.29 is 9.47 Å². The molecule has 0 fully saturated rings. The van der Waals surface area contributed by atoms with Gasteiger partial charge in [0.15, 0.2) is 0 Å². The van der Waals surface area contributed by atoms with Crippen molar-refractivity contribution in [3.63, 3.8) is 0 Å². The Labute approximate surface area is 118 Å². The molecular weight excluding hydrogens is 236 g/mol. The number of hydrogen-bond acceptors (Lipinski definition) is 2. The Morgan fingerprint density at radius 2 is 1.63 bits per heavy atom. The first-order valence-electron chi connectivity index (χ1n) is 7.26. The number of ether oxygens (including phenoxy) is 2. The van der Waals surface area contributed by atoms with Gasteiger partial charge in [0.25, 0.3) is 0 Å². The van der Waals surface area contributed by atoms with Gasteiger partial charge in [-0.15, -0.1) is 0 Å². The quantitative estimate of drug-likeness (QED) is 0.674. The first kappa shape index (κ1) is 16.0. The average Bonchev–Trinajstić information content (AvgIpc) is 2.37. The zero-order valence-electron chi connectivity index (χ0n) is 13.2. The van der Waals surface area contributed by atoms with Crippen LogP contribution in [0.1, 0.15) is 59.4 Å². The fraction of sp³-hybridized carbons (Fsp3) is 0.647. The molecule has 19 heavy (non-hydrogen) atoms. The van der Waals surface area contributed by atoms with E-state index < -0.39 is 0 Å². The minimum Gasteiger partial charge on any atom is -0.464 e. The van der Waals surface area contributed by atoms with E-state index in [1.54, 1.807) is 0 Å². The second kappa shape index (κ2) is 6.95. The molecular formula is C17H28O2. The van der Waals surface area contributed by atoms with E-state index in [-0.39, 0.29) is 11.7 Å². The maximum absolute atomic E-state index is 5.97. The third-order valence-corrected chi connectivity index (χ3v) is 3.33. The molecule has 0 spiro atoms. The largest absolute Gasteiger partial charge is 0.464 e. The van der Waals surface area contributed by atoms with Gasteiger partial charge in [0.05, 0.1) is 0 Å². The highest BCUT2D eigenvalue weighted by Gasteiger charge is 2.27. The lowest BCUT2D eigenvalue weighted by molar-refractivity contribution is -0.137. The third-order valence-electron chi connectivity index (χ3n) is 3.33. The highest BCUT2D eigenvalue weighted by molar-refractivity contribution is 5.29. The maximum atomic E-state index is 5.97. The standard InChI is InChI=1S/C17H28O2/c1-7-13(3)14-9-11-15(12-10-14)19-16(18-8-2)17(4,5)6/h9-13,16H,7-8H2,1-6H3. The maximum Gasteiger partial charge on any atom is 0.204 e. The minimum atomic E-state index is -0.216. The minimum absolute atomic E-state index is 0.0363. The van der Waals surface area contributed by atoms with Gasteiger partial charge in [-0.05, 0) is 37.0 Å². The van der Waals surface area contributed by atoms with Crippen LogP contribution in [0.5, 0.6) is 5.75 Å². The molecule has 0 bridgehead atoms. The van der Waals surface area contributed by atoms with Crippen LogP contribution in [0.4, 0.5) is 0 Å². The van der Waals surface area contributed by atoms with E-state index in [2.05, 4.69) is 46.8 Å². The van der Waals surface area contributed by atoms with E-state index in [9.17, 15) is 0 Å². The Balaban J connectivity index is 2.75. The lowest BCUT2D eigenvalue weighted by atomic mass is 9.95. The lowest BCUT2D eigenvalue weighted by Crippen LogP contribution is -2.34. The lowest BCUT2D eigenvalue weighted by Gasteiger charge is -2.30. The number of rotatable bonds is 6. The van der Waals surface area contributed by atoms with E-state index >= 15 is 0 Å². The van der Waals surface area contributed by atoms with Crippen molar-refractivity contribution >= 4 is 0 Å². The molecule has 0 aliphatic heterocycles. The van der Waals surface area contributed by atoms with Crippen LogP contribution in [-0.4, -0.2) is 12.9 Å². The van der Waals surface area contributed by atoms with Crippen molar-refractivity contribution in [2.24, 2.45) is 5.41 Å². The molecule has 0 aliphatic rings. The van der Waals surface area contributed by atoms with Crippen LogP contribution in [0.2, 0.25) is 0 Å². The highest BCUT2D eigenvalue weighted by Crippen LogP contribution is 2.27. The van der Waals surface area contributed by atoms with E-state index in [1.807, 2.05) is 19.1 Å². The van der Waals surface area contributed by atoms with E-state index in [0.717, 1.165) is 12.2 Å². The molecule has 0 heterocycles. The van der Waals surface area contributed by atoms with Crippen LogP contribution in [0.3, 0.4) is 0 Å². The fourth-order valence-corrected chi connectivity index (χ4v) is 1.85. The Morgan fingerprint density at radius 3 is 2.05 bits per heavy atom. The van der Waals surface area contributed by atoms with Gasteiger partial charge in [0, 0.05) is 12.0 Å². The van der Waals surface area contributed by atoms with Gasteiger partial charge in [-0.3, -0.25) is 0 Å². The van der Waals surface area contributed by atoms with Gasteiger partial charge in [0.1, 0.15) is 5.75 Å². The second-order valence-corrected chi connectivity index (χ2v) is 6.15. The molecule has 0 saturated heterocycles. The zero-order chi connectivity index (χ0) is 14.5. The topological polar surface area (TPSA) is 18.5 Å². The van der Waals surface area contributed by atoms with Crippen LogP contribution in [0.25, 0.3) is 0 Å². The van der Waals surface area contributed by atoms with E-state index in [1.165, 1.54) is 5.56 Å². The zero-order valence-corrected chi connectivity index (χ0v) is 13.2. The van der Waals surface area contributed by atoms with Gasteiger partial charge in [-0.25, -0.2) is 0 Å². The molecule has 0 amide bonds. The summed E-state index contributed by atoms with van der Waals surface area (Å²) >= 11 is 0. The summed E-state index contributed by atoms with van der Waals surface area (Å²) in [5.41, 5.74) is 1.32. The Morgan fingerprint density at radius 1 is 1.05 bits per heavy atom. The summed E-state index contributed by atoms with van der Waals surface area (Å²) in [5.74, 6) is 1.47. The van der Waals surface area contributed by atoms with Crippen molar-refractivity contribution in [3.05, 3.63) is 29.8 Å². The molecule has 0 saturated carbocycles. The molecule has 2 nitrogen and oxygen atoms in total. The predicted octanol–water partition coefficient (Wildman–Crippen LogP) is 4.99. The second-order valence-electron chi connectivity index (χ2n) is 6.15. The Kier molecular flexibility index (Phi) is 5.86. The molecule has 2 atom stereocenters. The molecule has 0 N–H and O–H groups in total. The molecule has 108 valence electrons. The number of benzene rings is 1. The smallest absolute Gasteiger partial charge is 0.204 e. The average molecular weight is 264 g/mol. The summed E-state index contributed by atoms with van der Waals surface area (Å²) in [4.78, 5) is 0. The van der Waals surface area contributed by atoms with Crippen LogP contribution in [-0.2, 0) is 4.74 Å². The summed E-state index contributed by atoms with van der Waals surface area (Å²) in [6, 6.07) is 8.38. The SMILES string of the molecule is CCOC(Oc1ccc(C(C)CC)cc1)C(C)(C)C. The van der Waals surface area contributed by atoms with Crippen LogP contribution in [0, 0.1) is 5.41 Å². The number of hydrogen-bond donors (Lipinski definition) is 0. The van der Waals surface area contributed by atoms with Crippen LogP contribution < -0.4 is 4.74 Å². The van der Waals surface area contributed by atoms with Gasteiger partial charge in [-0.2, -0.15) is 0 Å². The van der Waals surface area contributed by atoms with Crippen molar-refractivity contribution in [1.82, 2.24) is 0 Å². The van der Waals surface area contributed by atoms with Gasteiger partial charge >= 0.3 is 0 Å². The molecule has 0 aliphatic carbocycles. The highest BCUT2D eigenvalue weighted by atomic mass is 16.7. The monoisotopic (exact) mass is 264 g/mol. The first-order valence-corrected chi connectivity index (χ1v) is 7.26. The molecule has 2 heteroatoms. The van der Waals surface area contributed by atoms with Crippen molar-refractivity contribution in [1.29, 1.82) is 0 Å². The summed E-state index contributed by atoms with van der Waals surface area (Å²) in [5, 5.41) is 0. The van der Waals surface area contributed by atoms with Crippen molar-refractivity contribution in [2.45, 2.75) is 60.2 Å². The molecule has 1 aromatic rings. The first-order chi connectivity index (χ1) is 8.88. The predicted molar refractivity (Wildman–Crippen MR) is 80.6 cm³/mol. The molecule has 2 unspecified atom stereocenters. The van der Waals surface area contributed by atoms with E-state index in [0.29, 0.717) is 12.5 Å².